The second-order valence-electron chi connectivity index (χ2n) is 1.65. The van der Waals surface area contributed by atoms with Gasteiger partial charge in [0.15, 0.2) is 5.12 Å². The predicted octanol–water partition coefficient (Wildman–Crippen LogP) is 0.399. The molecule has 0 radical (unpaired) electrons. The highest BCUT2D eigenvalue weighted by molar-refractivity contribution is 8.14. The molecule has 0 spiro atoms. The van der Waals surface area contributed by atoms with Gasteiger partial charge in [-0.25, -0.2) is 0 Å². The third-order valence-electron chi connectivity index (χ3n) is 0.887. The molecule has 4 heteroatoms. The van der Waals surface area contributed by atoms with Gasteiger partial charge in [-0.2, -0.15) is 0 Å². The van der Waals surface area contributed by atoms with Crippen molar-refractivity contribution in [2.75, 3.05) is 5.75 Å². The Bertz CT molecular complexity index is 98.0. The molecule has 2 N–H and O–H groups in total. The van der Waals surface area contributed by atoms with Gasteiger partial charge in [0.25, 0.3) is 0 Å². The molecule has 1 unspecified atom stereocenters. The van der Waals surface area contributed by atoms with Crippen LogP contribution in [0, 0.1) is 0 Å². The lowest BCUT2D eigenvalue weighted by atomic mass is 10.3. The molecule has 1 fully saturated rings. The molecule has 0 aromatic rings. The highest BCUT2D eigenvalue weighted by Crippen LogP contribution is 2.16. The van der Waals surface area contributed by atoms with Gasteiger partial charge in [0.1, 0.15) is 0 Å². The quantitative estimate of drug-likeness (QED) is 0.548. The van der Waals surface area contributed by atoms with E-state index >= 15 is 0 Å². The Labute approximate surface area is 58.6 Å². The first-order chi connectivity index (χ1) is 3.29. The Morgan fingerprint density at radius 1 is 1.75 bits per heavy atom. The van der Waals surface area contributed by atoms with E-state index in [2.05, 4.69) is 0 Å². The van der Waals surface area contributed by atoms with Crippen molar-refractivity contribution >= 4 is 29.3 Å². The normalized spacial score (nSPS) is 27.6. The minimum absolute atomic E-state index is 0. The predicted molar refractivity (Wildman–Crippen MR) is 37.3 cm³/mol. The molecule has 0 aromatic carbocycles. The molecule has 0 aliphatic carbocycles. The fraction of sp³-hybridized carbons (Fsp3) is 0.750. The summed E-state index contributed by atoms with van der Waals surface area (Å²) in [6, 6.07) is 0.137. The number of carbonyl (C=O) groups excluding carboxylic acids is 1. The number of carbonyl (C=O) groups is 1. The SMILES string of the molecule is Cl.NC1CSC(=O)C1. The monoisotopic (exact) mass is 153 g/mol. The van der Waals surface area contributed by atoms with Crippen molar-refractivity contribution < 1.29 is 4.79 Å². The van der Waals surface area contributed by atoms with Crippen LogP contribution in [0.2, 0.25) is 0 Å². The number of halogens is 1. The number of hydrogen-bond acceptors (Lipinski definition) is 3. The standard InChI is InChI=1S/C4H7NOS.ClH/c5-3-1-4(6)7-2-3;/h3H,1-2,5H2;1H. The molecule has 1 saturated heterocycles. The molecule has 1 heterocycles. The number of rotatable bonds is 0. The molecule has 2 nitrogen and oxygen atoms in total. The van der Waals surface area contributed by atoms with E-state index in [1.165, 1.54) is 11.8 Å². The molecule has 1 rings (SSSR count). The van der Waals surface area contributed by atoms with Gasteiger partial charge in [-0.3, -0.25) is 4.79 Å². The van der Waals surface area contributed by atoms with Gasteiger partial charge in [0.2, 0.25) is 0 Å². The van der Waals surface area contributed by atoms with Gasteiger partial charge < -0.3 is 5.73 Å². The zero-order valence-electron chi connectivity index (χ0n) is 4.29. The van der Waals surface area contributed by atoms with Gasteiger partial charge >= 0.3 is 0 Å². The Balaban J connectivity index is 0.000000490. The fourth-order valence-corrected chi connectivity index (χ4v) is 1.38. The molecule has 0 saturated carbocycles. The number of hydrogen-bond donors (Lipinski definition) is 1. The molecule has 0 amide bonds. The Morgan fingerprint density at radius 2 is 2.38 bits per heavy atom. The summed E-state index contributed by atoms with van der Waals surface area (Å²) >= 11 is 1.34. The Hall–Kier alpha value is 0.270. The highest BCUT2D eigenvalue weighted by atomic mass is 35.5. The summed E-state index contributed by atoms with van der Waals surface area (Å²) in [6.45, 7) is 0. The van der Waals surface area contributed by atoms with Crippen LogP contribution in [0.5, 0.6) is 0 Å². The fourth-order valence-electron chi connectivity index (χ4n) is 0.532. The van der Waals surface area contributed by atoms with Crippen molar-refractivity contribution in [1.29, 1.82) is 0 Å². The van der Waals surface area contributed by atoms with E-state index in [4.69, 9.17) is 5.73 Å². The molecule has 8 heavy (non-hydrogen) atoms. The van der Waals surface area contributed by atoms with E-state index in [0.717, 1.165) is 5.75 Å². The van der Waals surface area contributed by atoms with E-state index in [-0.39, 0.29) is 23.6 Å². The minimum atomic E-state index is 0. The first kappa shape index (κ1) is 8.27. The van der Waals surface area contributed by atoms with Gasteiger partial charge in [0.05, 0.1) is 0 Å². The molecule has 1 atom stereocenters. The van der Waals surface area contributed by atoms with Crippen molar-refractivity contribution in [3.05, 3.63) is 0 Å². The van der Waals surface area contributed by atoms with Crippen molar-refractivity contribution in [2.45, 2.75) is 12.5 Å². The van der Waals surface area contributed by atoms with Crippen molar-refractivity contribution in [1.82, 2.24) is 0 Å². The van der Waals surface area contributed by atoms with Gasteiger partial charge in [0, 0.05) is 18.2 Å². The molecule has 1 aliphatic heterocycles. The third kappa shape index (κ3) is 2.03. The van der Waals surface area contributed by atoms with E-state index in [9.17, 15) is 4.79 Å². The van der Waals surface area contributed by atoms with Crippen LogP contribution >= 0.6 is 24.2 Å². The maximum Gasteiger partial charge on any atom is 0.190 e. The highest BCUT2D eigenvalue weighted by Gasteiger charge is 2.17. The smallest absolute Gasteiger partial charge is 0.190 e. The Kier molecular flexibility index (Phi) is 3.44. The lowest BCUT2D eigenvalue weighted by Gasteiger charge is -1.89. The van der Waals surface area contributed by atoms with Crippen LogP contribution in [0.25, 0.3) is 0 Å². The first-order valence-corrected chi connectivity index (χ1v) is 3.19. The molecular weight excluding hydrogens is 146 g/mol. The lowest BCUT2D eigenvalue weighted by molar-refractivity contribution is -0.110. The third-order valence-corrected chi connectivity index (χ3v) is 1.97. The summed E-state index contributed by atoms with van der Waals surface area (Å²) < 4.78 is 0. The van der Waals surface area contributed by atoms with Crippen LogP contribution < -0.4 is 5.73 Å². The summed E-state index contributed by atoms with van der Waals surface area (Å²) in [5.41, 5.74) is 5.38. The zero-order chi connectivity index (χ0) is 5.28. The summed E-state index contributed by atoms with van der Waals surface area (Å²) in [7, 11) is 0. The molecule has 0 bridgehead atoms. The topological polar surface area (TPSA) is 43.1 Å². The van der Waals surface area contributed by atoms with E-state index < -0.39 is 0 Å². The van der Waals surface area contributed by atoms with E-state index in [1.807, 2.05) is 0 Å². The lowest BCUT2D eigenvalue weighted by Crippen LogP contribution is -2.17. The second-order valence-corrected chi connectivity index (χ2v) is 2.72. The molecule has 0 aromatic heterocycles. The van der Waals surface area contributed by atoms with Crippen LogP contribution in [-0.4, -0.2) is 16.9 Å². The maximum atomic E-state index is 10.3. The largest absolute Gasteiger partial charge is 0.327 e. The van der Waals surface area contributed by atoms with Gasteiger partial charge in [-0.1, -0.05) is 11.8 Å². The van der Waals surface area contributed by atoms with E-state index in [0.29, 0.717) is 6.42 Å². The summed E-state index contributed by atoms with van der Waals surface area (Å²) in [5.74, 6) is 0.818. The average molecular weight is 154 g/mol. The summed E-state index contributed by atoms with van der Waals surface area (Å²) in [5, 5.41) is 0.243. The van der Waals surface area contributed by atoms with E-state index in [1.54, 1.807) is 0 Å². The Morgan fingerprint density at radius 3 is 2.50 bits per heavy atom. The number of nitrogens with two attached hydrogens (primary N) is 1. The number of thioether (sulfide) groups is 1. The average Bonchev–Trinajstić information content (AvgIpc) is 1.87. The summed E-state index contributed by atoms with van der Waals surface area (Å²) in [4.78, 5) is 10.3. The molecular formula is C4H8ClNOS. The van der Waals surface area contributed by atoms with Crippen LogP contribution in [0.4, 0.5) is 0 Å². The zero-order valence-corrected chi connectivity index (χ0v) is 5.93. The van der Waals surface area contributed by atoms with Crippen molar-refractivity contribution in [3.8, 4) is 0 Å². The minimum Gasteiger partial charge on any atom is -0.327 e. The van der Waals surface area contributed by atoms with Crippen LogP contribution in [0.15, 0.2) is 0 Å². The summed E-state index contributed by atoms with van der Waals surface area (Å²) in [6.07, 6.45) is 0.574. The molecule has 1 aliphatic rings. The van der Waals surface area contributed by atoms with Gasteiger partial charge in [-0.05, 0) is 0 Å². The maximum absolute atomic E-state index is 10.3. The van der Waals surface area contributed by atoms with Crippen LogP contribution in [0.1, 0.15) is 6.42 Å². The van der Waals surface area contributed by atoms with Gasteiger partial charge in [-0.15, -0.1) is 12.4 Å². The first-order valence-electron chi connectivity index (χ1n) is 2.20. The van der Waals surface area contributed by atoms with Crippen LogP contribution in [-0.2, 0) is 4.79 Å². The van der Waals surface area contributed by atoms with Crippen LogP contribution in [0.3, 0.4) is 0 Å². The molecule has 48 valence electrons. The second kappa shape index (κ2) is 3.33. The van der Waals surface area contributed by atoms with Crippen molar-refractivity contribution in [2.24, 2.45) is 5.73 Å². The van der Waals surface area contributed by atoms with Crippen molar-refractivity contribution in [3.63, 3.8) is 0 Å².